The topological polar surface area (TPSA) is 42.1 Å². The van der Waals surface area contributed by atoms with Crippen LogP contribution in [0.1, 0.15) is 56.7 Å². The van der Waals surface area contributed by atoms with Gasteiger partial charge in [0.15, 0.2) is 0 Å². The van der Waals surface area contributed by atoms with Gasteiger partial charge >= 0.3 is 0 Å². The lowest BCUT2D eigenvalue weighted by Gasteiger charge is -2.36. The summed E-state index contributed by atoms with van der Waals surface area (Å²) >= 11 is 6.51. The molecule has 2 N–H and O–H groups in total. The van der Waals surface area contributed by atoms with E-state index in [0.717, 1.165) is 53.1 Å². The Bertz CT molecular complexity index is 900. The number of hydrogen-bond acceptors (Lipinski definition) is 3. The van der Waals surface area contributed by atoms with Crippen molar-refractivity contribution in [1.82, 2.24) is 4.98 Å². The molecule has 1 unspecified atom stereocenters. The lowest BCUT2D eigenvalue weighted by atomic mass is 9.88. The Balaban J connectivity index is 0.00000109. The minimum atomic E-state index is -0.0826. The van der Waals surface area contributed by atoms with Gasteiger partial charge in [0.25, 0.3) is 0 Å². The Hall–Kier alpha value is -2.10. The third-order valence-electron chi connectivity index (χ3n) is 5.42. The fraction of sp³-hybridized carbons (Fsp3) is 0.375. The Morgan fingerprint density at radius 2 is 1.75 bits per heavy atom. The SMILES string of the molecule is CC.CC(N)c1cc(Cl)c2cccnc2c1N1CCC(c2ccccc2)CC1. The fourth-order valence-electron chi connectivity index (χ4n) is 4.05. The standard InChI is InChI=1S/C22H24ClN3.C2H6/c1-15(24)19-14-20(23)18-8-5-11-25-21(18)22(19)26-12-9-17(10-13-26)16-6-3-2-4-7-16;1-2/h2-8,11,14-15,17H,9-10,12-13,24H2,1H3;1-2H3. The smallest absolute Gasteiger partial charge is 0.0953 e. The van der Waals surface area contributed by atoms with Crippen molar-refractivity contribution in [3.05, 3.63) is 70.9 Å². The van der Waals surface area contributed by atoms with E-state index >= 15 is 0 Å². The molecule has 3 nitrogen and oxygen atoms in total. The molecular weight excluding hydrogens is 366 g/mol. The molecule has 28 heavy (non-hydrogen) atoms. The second-order valence-electron chi connectivity index (χ2n) is 7.16. The summed E-state index contributed by atoms with van der Waals surface area (Å²) < 4.78 is 0. The zero-order chi connectivity index (χ0) is 20.1. The second kappa shape index (κ2) is 9.40. The van der Waals surface area contributed by atoms with E-state index in [0.29, 0.717) is 5.92 Å². The number of pyridine rings is 1. The Morgan fingerprint density at radius 3 is 2.39 bits per heavy atom. The van der Waals surface area contributed by atoms with Gasteiger partial charge in [0.05, 0.1) is 16.2 Å². The molecule has 0 aliphatic carbocycles. The van der Waals surface area contributed by atoms with E-state index < -0.39 is 0 Å². The van der Waals surface area contributed by atoms with E-state index in [1.165, 1.54) is 5.56 Å². The van der Waals surface area contributed by atoms with Gasteiger partial charge in [-0.2, -0.15) is 0 Å². The summed E-state index contributed by atoms with van der Waals surface area (Å²) in [5, 5.41) is 1.72. The molecule has 3 aromatic rings. The van der Waals surface area contributed by atoms with Crippen LogP contribution in [0.25, 0.3) is 10.9 Å². The van der Waals surface area contributed by atoms with Gasteiger partial charge in [-0.05, 0) is 55.0 Å². The van der Waals surface area contributed by atoms with Crippen LogP contribution >= 0.6 is 11.6 Å². The molecule has 0 spiro atoms. The van der Waals surface area contributed by atoms with Gasteiger partial charge in [-0.25, -0.2) is 0 Å². The van der Waals surface area contributed by atoms with Gasteiger partial charge in [0.2, 0.25) is 0 Å². The summed E-state index contributed by atoms with van der Waals surface area (Å²) in [5.74, 6) is 0.623. The molecule has 148 valence electrons. The summed E-state index contributed by atoms with van der Waals surface area (Å²) in [6.07, 6.45) is 4.11. The number of fused-ring (bicyclic) bond motifs is 1. The number of halogens is 1. The summed E-state index contributed by atoms with van der Waals surface area (Å²) in [6.45, 7) is 8.03. The number of piperidine rings is 1. The molecule has 0 radical (unpaired) electrons. The Kier molecular flexibility index (Phi) is 6.93. The van der Waals surface area contributed by atoms with Gasteiger partial charge in [-0.1, -0.05) is 55.8 Å². The highest BCUT2D eigenvalue weighted by Crippen LogP contribution is 2.39. The zero-order valence-corrected chi connectivity index (χ0v) is 17.8. The first kappa shape index (κ1) is 20.6. The Labute approximate surface area is 173 Å². The molecule has 0 amide bonds. The maximum Gasteiger partial charge on any atom is 0.0953 e. The van der Waals surface area contributed by atoms with E-state index in [9.17, 15) is 0 Å². The van der Waals surface area contributed by atoms with Gasteiger partial charge in [0, 0.05) is 30.7 Å². The average Bonchev–Trinajstić information content (AvgIpc) is 2.76. The van der Waals surface area contributed by atoms with Crippen molar-refractivity contribution >= 4 is 28.2 Å². The monoisotopic (exact) mass is 395 g/mol. The van der Waals surface area contributed by atoms with Crippen LogP contribution < -0.4 is 10.6 Å². The van der Waals surface area contributed by atoms with Crippen LogP contribution in [0.4, 0.5) is 5.69 Å². The largest absolute Gasteiger partial charge is 0.369 e. The first-order valence-corrected chi connectivity index (χ1v) is 10.7. The highest BCUT2D eigenvalue weighted by molar-refractivity contribution is 6.36. The third-order valence-corrected chi connectivity index (χ3v) is 5.73. The van der Waals surface area contributed by atoms with Crippen LogP contribution in [0, 0.1) is 0 Å². The zero-order valence-electron chi connectivity index (χ0n) is 17.0. The molecular formula is C24H30ClN3. The summed E-state index contributed by atoms with van der Waals surface area (Å²) in [4.78, 5) is 7.10. The number of rotatable bonds is 3. The molecule has 0 saturated carbocycles. The van der Waals surface area contributed by atoms with Crippen molar-refractivity contribution in [2.45, 2.75) is 45.6 Å². The summed E-state index contributed by atoms with van der Waals surface area (Å²) in [5.41, 5.74) is 10.9. The molecule has 1 aromatic heterocycles. The fourth-order valence-corrected chi connectivity index (χ4v) is 4.32. The van der Waals surface area contributed by atoms with E-state index in [1.54, 1.807) is 0 Å². The lowest BCUT2D eigenvalue weighted by Crippen LogP contribution is -2.34. The maximum atomic E-state index is 6.51. The molecule has 4 rings (SSSR count). The third kappa shape index (κ3) is 4.16. The number of hydrogen-bond donors (Lipinski definition) is 1. The first-order chi connectivity index (χ1) is 13.6. The quantitative estimate of drug-likeness (QED) is 0.564. The predicted molar refractivity (Wildman–Crippen MR) is 121 cm³/mol. The molecule has 4 heteroatoms. The van der Waals surface area contributed by atoms with Crippen LogP contribution in [0.15, 0.2) is 54.7 Å². The van der Waals surface area contributed by atoms with Crippen molar-refractivity contribution in [3.63, 3.8) is 0 Å². The first-order valence-electron chi connectivity index (χ1n) is 10.3. The molecule has 1 aliphatic rings. The number of nitrogens with two attached hydrogens (primary N) is 1. The highest BCUT2D eigenvalue weighted by Gasteiger charge is 2.25. The minimum Gasteiger partial charge on any atom is -0.369 e. The van der Waals surface area contributed by atoms with E-state index in [2.05, 4.69) is 40.2 Å². The number of anilines is 1. The lowest BCUT2D eigenvalue weighted by molar-refractivity contribution is 0.504. The van der Waals surface area contributed by atoms with Crippen molar-refractivity contribution < 1.29 is 0 Å². The number of nitrogens with zero attached hydrogens (tertiary/aromatic N) is 2. The summed E-state index contributed by atoms with van der Waals surface area (Å²) in [6, 6.07) is 16.7. The van der Waals surface area contributed by atoms with Gasteiger partial charge < -0.3 is 10.6 Å². The van der Waals surface area contributed by atoms with E-state index in [-0.39, 0.29) is 6.04 Å². The van der Waals surface area contributed by atoms with Gasteiger partial charge in [0.1, 0.15) is 0 Å². The van der Waals surface area contributed by atoms with Crippen LogP contribution in [-0.4, -0.2) is 18.1 Å². The molecule has 1 saturated heterocycles. The van der Waals surface area contributed by atoms with Crippen LogP contribution in [0.2, 0.25) is 5.02 Å². The molecule has 0 bridgehead atoms. The molecule has 1 atom stereocenters. The van der Waals surface area contributed by atoms with E-state index in [4.69, 9.17) is 17.3 Å². The number of aromatic nitrogens is 1. The molecule has 1 fully saturated rings. The van der Waals surface area contributed by atoms with Crippen molar-refractivity contribution in [2.24, 2.45) is 5.73 Å². The van der Waals surface area contributed by atoms with E-state index in [1.807, 2.05) is 45.2 Å². The van der Waals surface area contributed by atoms with Gasteiger partial charge in [-0.15, -0.1) is 0 Å². The minimum absolute atomic E-state index is 0.0826. The van der Waals surface area contributed by atoms with Crippen molar-refractivity contribution in [3.8, 4) is 0 Å². The number of benzene rings is 2. The van der Waals surface area contributed by atoms with Crippen LogP contribution in [-0.2, 0) is 0 Å². The predicted octanol–water partition coefficient (Wildman–Crippen LogP) is 6.32. The maximum absolute atomic E-state index is 6.51. The molecule has 1 aliphatic heterocycles. The average molecular weight is 396 g/mol. The second-order valence-corrected chi connectivity index (χ2v) is 7.56. The van der Waals surface area contributed by atoms with Crippen LogP contribution in [0.5, 0.6) is 0 Å². The molecule has 2 aromatic carbocycles. The van der Waals surface area contributed by atoms with Crippen molar-refractivity contribution in [2.75, 3.05) is 18.0 Å². The van der Waals surface area contributed by atoms with Crippen LogP contribution in [0.3, 0.4) is 0 Å². The normalized spacial score (nSPS) is 15.8. The van der Waals surface area contributed by atoms with Gasteiger partial charge in [-0.3, -0.25) is 4.98 Å². The molecule has 2 heterocycles. The summed E-state index contributed by atoms with van der Waals surface area (Å²) in [7, 11) is 0. The highest BCUT2D eigenvalue weighted by atomic mass is 35.5. The van der Waals surface area contributed by atoms with Crippen molar-refractivity contribution in [1.29, 1.82) is 0 Å². The Morgan fingerprint density at radius 1 is 1.07 bits per heavy atom.